The minimum atomic E-state index is -0.0553. The van der Waals surface area contributed by atoms with E-state index in [0.717, 1.165) is 31.4 Å². The lowest BCUT2D eigenvalue weighted by molar-refractivity contribution is 0.287. The lowest BCUT2D eigenvalue weighted by atomic mass is 9.75. The Morgan fingerprint density at radius 3 is 2.40 bits per heavy atom. The fraction of sp³-hybridized carbons (Fsp3) is 0.333. The van der Waals surface area contributed by atoms with E-state index in [4.69, 9.17) is 0 Å². The lowest BCUT2D eigenvalue weighted by Crippen LogP contribution is -2.41. The standard InChI is InChI=1S/C18H20FN/c19-18-9-5-4-8-17(18)15-12-16(13-15)20-11-10-14-6-2-1-3-7-14/h1-9,15-16,20H,10-13H2. The van der Waals surface area contributed by atoms with Gasteiger partial charge < -0.3 is 5.32 Å². The van der Waals surface area contributed by atoms with Gasteiger partial charge in [0.1, 0.15) is 5.82 Å². The largest absolute Gasteiger partial charge is 0.314 e. The maximum absolute atomic E-state index is 13.6. The van der Waals surface area contributed by atoms with E-state index in [0.29, 0.717) is 12.0 Å². The smallest absolute Gasteiger partial charge is 0.126 e. The molecule has 0 saturated heterocycles. The summed E-state index contributed by atoms with van der Waals surface area (Å²) in [5.41, 5.74) is 2.25. The summed E-state index contributed by atoms with van der Waals surface area (Å²) < 4.78 is 13.6. The summed E-state index contributed by atoms with van der Waals surface area (Å²) in [6, 6.07) is 18.2. The average molecular weight is 269 g/mol. The molecule has 0 heterocycles. The van der Waals surface area contributed by atoms with Crippen LogP contribution in [0.1, 0.15) is 29.9 Å². The third-order valence-corrected chi connectivity index (χ3v) is 4.17. The molecule has 0 aromatic heterocycles. The zero-order valence-electron chi connectivity index (χ0n) is 11.6. The third-order valence-electron chi connectivity index (χ3n) is 4.17. The molecule has 2 heteroatoms. The Balaban J connectivity index is 1.42. The fourth-order valence-electron chi connectivity index (χ4n) is 2.91. The summed E-state index contributed by atoms with van der Waals surface area (Å²) in [5.74, 6) is 0.339. The predicted octanol–water partition coefficient (Wildman–Crippen LogP) is 3.90. The van der Waals surface area contributed by atoms with Crippen molar-refractivity contribution in [3.05, 3.63) is 71.5 Å². The number of halogens is 1. The summed E-state index contributed by atoms with van der Waals surface area (Å²) in [6.45, 7) is 0.999. The molecule has 0 atom stereocenters. The first-order valence-corrected chi connectivity index (χ1v) is 7.34. The number of nitrogens with one attached hydrogen (secondary N) is 1. The highest BCUT2D eigenvalue weighted by atomic mass is 19.1. The van der Waals surface area contributed by atoms with Gasteiger partial charge in [0.15, 0.2) is 0 Å². The zero-order chi connectivity index (χ0) is 13.8. The van der Waals surface area contributed by atoms with Gasteiger partial charge in [-0.2, -0.15) is 0 Å². The predicted molar refractivity (Wildman–Crippen MR) is 80.3 cm³/mol. The van der Waals surface area contributed by atoms with Crippen molar-refractivity contribution in [3.8, 4) is 0 Å². The maximum Gasteiger partial charge on any atom is 0.126 e. The molecular weight excluding hydrogens is 249 g/mol. The van der Waals surface area contributed by atoms with Crippen LogP contribution in [0.2, 0.25) is 0 Å². The van der Waals surface area contributed by atoms with Crippen molar-refractivity contribution in [3.63, 3.8) is 0 Å². The Morgan fingerprint density at radius 2 is 1.65 bits per heavy atom. The molecule has 1 fully saturated rings. The monoisotopic (exact) mass is 269 g/mol. The number of hydrogen-bond acceptors (Lipinski definition) is 1. The summed E-state index contributed by atoms with van der Waals surface area (Å²) in [5, 5.41) is 3.56. The van der Waals surface area contributed by atoms with Gasteiger partial charge >= 0.3 is 0 Å². The van der Waals surface area contributed by atoms with E-state index >= 15 is 0 Å². The van der Waals surface area contributed by atoms with E-state index in [1.165, 1.54) is 5.56 Å². The van der Waals surface area contributed by atoms with Gasteiger partial charge in [-0.1, -0.05) is 48.5 Å². The van der Waals surface area contributed by atoms with Crippen LogP contribution in [0.3, 0.4) is 0 Å². The Hall–Kier alpha value is -1.67. The van der Waals surface area contributed by atoms with Crippen LogP contribution in [0.5, 0.6) is 0 Å². The minimum absolute atomic E-state index is 0.0553. The number of hydrogen-bond donors (Lipinski definition) is 1. The first-order chi connectivity index (χ1) is 9.83. The first-order valence-electron chi connectivity index (χ1n) is 7.34. The second kappa shape index (κ2) is 6.19. The van der Waals surface area contributed by atoms with Crippen LogP contribution in [0.25, 0.3) is 0 Å². The van der Waals surface area contributed by atoms with Gasteiger partial charge in [-0.25, -0.2) is 4.39 Å². The van der Waals surface area contributed by atoms with Crippen LogP contribution in [0.4, 0.5) is 4.39 Å². The van der Waals surface area contributed by atoms with E-state index in [1.807, 2.05) is 18.2 Å². The second-order valence-corrected chi connectivity index (χ2v) is 5.58. The molecule has 1 saturated carbocycles. The van der Waals surface area contributed by atoms with Crippen molar-refractivity contribution in [2.24, 2.45) is 0 Å². The molecule has 0 aliphatic heterocycles. The quantitative estimate of drug-likeness (QED) is 0.868. The average Bonchev–Trinajstić information content (AvgIpc) is 2.44. The zero-order valence-corrected chi connectivity index (χ0v) is 11.6. The van der Waals surface area contributed by atoms with Crippen molar-refractivity contribution >= 4 is 0 Å². The molecule has 1 N–H and O–H groups in total. The van der Waals surface area contributed by atoms with Gasteiger partial charge in [0.25, 0.3) is 0 Å². The minimum Gasteiger partial charge on any atom is -0.314 e. The van der Waals surface area contributed by atoms with Gasteiger partial charge in [-0.05, 0) is 48.9 Å². The van der Waals surface area contributed by atoms with Crippen molar-refractivity contribution in [1.29, 1.82) is 0 Å². The highest BCUT2D eigenvalue weighted by Crippen LogP contribution is 2.37. The fourth-order valence-corrected chi connectivity index (χ4v) is 2.91. The molecule has 1 aliphatic carbocycles. The number of benzene rings is 2. The third kappa shape index (κ3) is 3.07. The van der Waals surface area contributed by atoms with Crippen LogP contribution in [-0.2, 0) is 6.42 Å². The highest BCUT2D eigenvalue weighted by Gasteiger charge is 2.31. The van der Waals surface area contributed by atoms with Crippen LogP contribution in [-0.4, -0.2) is 12.6 Å². The Kier molecular flexibility index (Phi) is 4.12. The molecule has 2 aromatic rings. The molecule has 3 rings (SSSR count). The van der Waals surface area contributed by atoms with Crippen LogP contribution < -0.4 is 5.32 Å². The molecule has 104 valence electrons. The van der Waals surface area contributed by atoms with E-state index in [2.05, 4.69) is 29.6 Å². The molecule has 2 aromatic carbocycles. The van der Waals surface area contributed by atoms with Crippen LogP contribution >= 0.6 is 0 Å². The molecule has 1 nitrogen and oxygen atoms in total. The van der Waals surface area contributed by atoms with E-state index < -0.39 is 0 Å². The summed E-state index contributed by atoms with van der Waals surface area (Å²) in [4.78, 5) is 0. The first kappa shape index (κ1) is 13.3. The molecule has 0 unspecified atom stereocenters. The highest BCUT2D eigenvalue weighted by molar-refractivity contribution is 5.24. The maximum atomic E-state index is 13.6. The van der Waals surface area contributed by atoms with Gasteiger partial charge in [0, 0.05) is 6.04 Å². The lowest BCUT2D eigenvalue weighted by Gasteiger charge is -2.36. The van der Waals surface area contributed by atoms with Gasteiger partial charge in [-0.15, -0.1) is 0 Å². The van der Waals surface area contributed by atoms with E-state index in [1.54, 1.807) is 12.1 Å². The van der Waals surface area contributed by atoms with Crippen molar-refractivity contribution < 1.29 is 4.39 Å². The summed E-state index contributed by atoms with van der Waals surface area (Å²) in [7, 11) is 0. The van der Waals surface area contributed by atoms with E-state index in [9.17, 15) is 4.39 Å². The molecule has 0 radical (unpaired) electrons. The summed E-state index contributed by atoms with van der Waals surface area (Å²) in [6.07, 6.45) is 3.16. The van der Waals surface area contributed by atoms with E-state index in [-0.39, 0.29) is 5.82 Å². The normalized spacial score (nSPS) is 21.4. The SMILES string of the molecule is Fc1ccccc1C1CC(NCCc2ccccc2)C1. The molecule has 0 amide bonds. The van der Waals surface area contributed by atoms with Gasteiger partial charge in [-0.3, -0.25) is 0 Å². The van der Waals surface area contributed by atoms with Gasteiger partial charge in [0.2, 0.25) is 0 Å². The molecule has 20 heavy (non-hydrogen) atoms. The molecule has 0 spiro atoms. The second-order valence-electron chi connectivity index (χ2n) is 5.58. The van der Waals surface area contributed by atoms with Gasteiger partial charge in [0.05, 0.1) is 0 Å². The molecule has 0 bridgehead atoms. The molecule has 1 aliphatic rings. The number of rotatable bonds is 5. The van der Waals surface area contributed by atoms with Crippen LogP contribution in [0, 0.1) is 5.82 Å². The Morgan fingerprint density at radius 1 is 0.950 bits per heavy atom. The van der Waals surface area contributed by atoms with Crippen molar-refractivity contribution in [1.82, 2.24) is 5.32 Å². The van der Waals surface area contributed by atoms with Crippen molar-refractivity contribution in [2.45, 2.75) is 31.2 Å². The Labute approximate surface area is 119 Å². The topological polar surface area (TPSA) is 12.0 Å². The Bertz CT molecular complexity index is 546. The van der Waals surface area contributed by atoms with Crippen LogP contribution in [0.15, 0.2) is 54.6 Å². The summed E-state index contributed by atoms with van der Waals surface area (Å²) >= 11 is 0. The molecular formula is C18H20FN. The van der Waals surface area contributed by atoms with Crippen molar-refractivity contribution in [2.75, 3.05) is 6.54 Å².